The van der Waals surface area contributed by atoms with Gasteiger partial charge >= 0.3 is 5.95 Å². The maximum absolute atomic E-state index is 13.2. The first-order valence-electron chi connectivity index (χ1n) is 7.84. The minimum Gasteiger partial charge on any atom is -0.258 e. The van der Waals surface area contributed by atoms with Gasteiger partial charge in [0.2, 0.25) is 5.82 Å². The Hall–Kier alpha value is -3.19. The molecule has 0 aliphatic carbocycles. The van der Waals surface area contributed by atoms with E-state index in [0.29, 0.717) is 11.8 Å². The van der Waals surface area contributed by atoms with Crippen LogP contribution in [-0.2, 0) is 0 Å². The highest BCUT2D eigenvalue weighted by Gasteiger charge is 2.21. The zero-order valence-electron chi connectivity index (χ0n) is 13.7. The highest BCUT2D eigenvalue weighted by molar-refractivity contribution is 6.34. The summed E-state index contributed by atoms with van der Waals surface area (Å²) in [5.41, 5.74) is 2.69. The Morgan fingerprint density at radius 2 is 2.04 bits per heavy atom. The van der Waals surface area contributed by atoms with Crippen molar-refractivity contribution in [1.82, 2.24) is 15.1 Å². The van der Waals surface area contributed by atoms with Crippen molar-refractivity contribution >= 4 is 34.4 Å². The number of benzene rings is 2. The van der Waals surface area contributed by atoms with E-state index in [0.717, 1.165) is 22.8 Å². The van der Waals surface area contributed by atoms with Crippen LogP contribution in [0, 0.1) is 12.7 Å². The van der Waals surface area contributed by atoms with Crippen molar-refractivity contribution in [2.75, 3.05) is 5.32 Å². The molecular weight excluding hydrogens is 357 g/mol. The second kappa shape index (κ2) is 6.27. The fraction of sp³-hybridized carbons (Fsp3) is 0.0556. The molecule has 2 heterocycles. The molecule has 4 aromatic rings. The number of carbonyl (C=O) groups excluding carboxylic acids is 1. The van der Waals surface area contributed by atoms with E-state index in [9.17, 15) is 9.18 Å². The van der Waals surface area contributed by atoms with Gasteiger partial charge < -0.3 is 0 Å². The maximum Gasteiger partial charge on any atom is 0.374 e. The SMILES string of the molecule is Cc1cc(NC(=O)c2ccc(F)cc2Cl)[n+](-c2nc3ccccc3[nH]2)[nH]1. The lowest BCUT2D eigenvalue weighted by atomic mass is 10.2. The molecule has 1 amide bonds. The van der Waals surface area contributed by atoms with E-state index in [-0.39, 0.29) is 10.6 Å². The van der Waals surface area contributed by atoms with Crippen LogP contribution < -0.4 is 10.00 Å². The first kappa shape index (κ1) is 16.3. The van der Waals surface area contributed by atoms with Gasteiger partial charge in [0.25, 0.3) is 5.91 Å². The summed E-state index contributed by atoms with van der Waals surface area (Å²) < 4.78 is 14.8. The molecule has 0 spiro atoms. The zero-order chi connectivity index (χ0) is 18.3. The standard InChI is InChI=1S/C18H13ClFN5O/c1-10-8-16(23-17(26)12-7-6-11(20)9-13(12)19)25(24-10)18-21-14-4-2-3-5-15(14)22-18/h2-9H,1H3,(H2,21,22,23,24,26)/p+1. The zero-order valence-corrected chi connectivity index (χ0v) is 14.4. The molecule has 8 heteroatoms. The summed E-state index contributed by atoms with van der Waals surface area (Å²) in [6, 6.07) is 13.0. The van der Waals surface area contributed by atoms with Crippen molar-refractivity contribution in [2.45, 2.75) is 6.92 Å². The van der Waals surface area contributed by atoms with Gasteiger partial charge in [-0.25, -0.2) is 4.39 Å². The van der Waals surface area contributed by atoms with Gasteiger partial charge in [0.15, 0.2) is 5.52 Å². The number of anilines is 1. The molecule has 26 heavy (non-hydrogen) atoms. The third-order valence-electron chi connectivity index (χ3n) is 3.89. The predicted octanol–water partition coefficient (Wildman–Crippen LogP) is 3.52. The largest absolute Gasteiger partial charge is 0.374 e. The van der Waals surface area contributed by atoms with Crippen LogP contribution in [-0.4, -0.2) is 21.0 Å². The van der Waals surface area contributed by atoms with E-state index >= 15 is 0 Å². The molecule has 2 aromatic heterocycles. The Bertz CT molecular complexity index is 1100. The monoisotopic (exact) mass is 370 g/mol. The number of aromatic amines is 2. The number of nitrogens with one attached hydrogen (secondary N) is 3. The van der Waals surface area contributed by atoms with Crippen LogP contribution in [0.3, 0.4) is 0 Å². The van der Waals surface area contributed by atoms with E-state index in [4.69, 9.17) is 11.6 Å². The molecule has 6 nitrogen and oxygen atoms in total. The highest BCUT2D eigenvalue weighted by Crippen LogP contribution is 2.19. The van der Waals surface area contributed by atoms with E-state index in [2.05, 4.69) is 20.4 Å². The molecule has 0 bridgehead atoms. The van der Waals surface area contributed by atoms with Crippen LogP contribution in [0.15, 0.2) is 48.5 Å². The summed E-state index contributed by atoms with van der Waals surface area (Å²) in [7, 11) is 0. The average Bonchev–Trinajstić information content (AvgIpc) is 3.17. The fourth-order valence-corrected chi connectivity index (χ4v) is 2.95. The third kappa shape index (κ3) is 2.93. The molecule has 0 saturated carbocycles. The number of fused-ring (bicyclic) bond motifs is 1. The molecule has 130 valence electrons. The first-order valence-corrected chi connectivity index (χ1v) is 8.22. The van der Waals surface area contributed by atoms with Crippen LogP contribution in [0.2, 0.25) is 5.02 Å². The number of nitrogens with zero attached hydrogens (tertiary/aromatic N) is 2. The van der Waals surface area contributed by atoms with Crippen molar-refractivity contribution in [1.29, 1.82) is 0 Å². The summed E-state index contributed by atoms with van der Waals surface area (Å²) in [6.45, 7) is 1.86. The lowest BCUT2D eigenvalue weighted by Crippen LogP contribution is -2.38. The van der Waals surface area contributed by atoms with Gasteiger partial charge in [-0.05, 0) is 37.3 Å². The topological polar surface area (TPSA) is 77.5 Å². The van der Waals surface area contributed by atoms with Crippen molar-refractivity contribution in [2.24, 2.45) is 0 Å². The molecule has 4 rings (SSSR count). The molecule has 0 aliphatic heterocycles. The molecule has 0 fully saturated rings. The Morgan fingerprint density at radius 3 is 2.81 bits per heavy atom. The Labute approximate surface area is 152 Å². The second-order valence-electron chi connectivity index (χ2n) is 5.82. The molecule has 3 N–H and O–H groups in total. The van der Waals surface area contributed by atoms with Crippen LogP contribution in [0.4, 0.5) is 10.2 Å². The number of halogens is 2. The summed E-state index contributed by atoms with van der Waals surface area (Å²) in [4.78, 5) is 20.2. The summed E-state index contributed by atoms with van der Waals surface area (Å²) in [5, 5.41) is 5.94. The first-order chi connectivity index (χ1) is 12.5. The Morgan fingerprint density at radius 1 is 1.23 bits per heavy atom. The Kier molecular flexibility index (Phi) is 3.93. The summed E-state index contributed by atoms with van der Waals surface area (Å²) in [5.74, 6) is 0.0620. The van der Waals surface area contributed by atoms with Crippen LogP contribution >= 0.6 is 11.6 Å². The van der Waals surface area contributed by atoms with E-state index in [1.165, 1.54) is 12.1 Å². The number of H-pyrrole nitrogens is 2. The number of para-hydroxylation sites is 2. The molecular formula is C18H14ClFN5O+. The number of carbonyl (C=O) groups is 1. The van der Waals surface area contributed by atoms with Crippen LogP contribution in [0.25, 0.3) is 17.0 Å². The van der Waals surface area contributed by atoms with E-state index in [1.807, 2.05) is 31.2 Å². The van der Waals surface area contributed by atoms with Gasteiger partial charge in [0, 0.05) is 11.8 Å². The van der Waals surface area contributed by atoms with Crippen molar-refractivity contribution in [3.05, 3.63) is 70.6 Å². The molecule has 0 atom stereocenters. The van der Waals surface area contributed by atoms with Gasteiger partial charge in [0.1, 0.15) is 11.3 Å². The molecule has 0 saturated heterocycles. The lowest BCUT2D eigenvalue weighted by Gasteiger charge is -2.04. The minimum absolute atomic E-state index is 0.0463. The van der Waals surface area contributed by atoms with Gasteiger partial charge in [-0.1, -0.05) is 23.7 Å². The van der Waals surface area contributed by atoms with E-state index in [1.54, 1.807) is 10.7 Å². The number of rotatable bonds is 3. The second-order valence-corrected chi connectivity index (χ2v) is 6.22. The van der Waals surface area contributed by atoms with Gasteiger partial charge in [0.05, 0.1) is 10.6 Å². The number of amides is 1. The number of hydrogen-bond donors (Lipinski definition) is 3. The predicted molar refractivity (Wildman–Crippen MR) is 96.1 cm³/mol. The quantitative estimate of drug-likeness (QED) is 0.482. The van der Waals surface area contributed by atoms with Gasteiger partial charge in [-0.3, -0.25) is 20.2 Å². The molecule has 2 aromatic carbocycles. The normalized spacial score (nSPS) is 11.0. The summed E-state index contributed by atoms with van der Waals surface area (Å²) in [6.07, 6.45) is 0. The smallest absolute Gasteiger partial charge is 0.258 e. The number of imidazole rings is 1. The molecule has 0 aliphatic rings. The van der Waals surface area contributed by atoms with Crippen molar-refractivity contribution < 1.29 is 13.9 Å². The minimum atomic E-state index is -0.499. The van der Waals surface area contributed by atoms with Gasteiger partial charge in [-0.15, -0.1) is 9.67 Å². The fourth-order valence-electron chi connectivity index (χ4n) is 2.70. The molecule has 0 unspecified atom stereocenters. The lowest BCUT2D eigenvalue weighted by molar-refractivity contribution is -0.648. The van der Waals surface area contributed by atoms with Crippen molar-refractivity contribution in [3.8, 4) is 5.95 Å². The summed E-state index contributed by atoms with van der Waals surface area (Å²) >= 11 is 5.97. The van der Waals surface area contributed by atoms with Crippen LogP contribution in [0.5, 0.6) is 0 Å². The number of aromatic nitrogens is 4. The highest BCUT2D eigenvalue weighted by atomic mass is 35.5. The van der Waals surface area contributed by atoms with Crippen molar-refractivity contribution in [3.63, 3.8) is 0 Å². The maximum atomic E-state index is 13.2. The van der Waals surface area contributed by atoms with Crippen LogP contribution in [0.1, 0.15) is 16.1 Å². The Balaban J connectivity index is 1.70. The third-order valence-corrected chi connectivity index (χ3v) is 4.20. The average molecular weight is 371 g/mol. The number of aryl methyl sites for hydroxylation is 1. The van der Waals surface area contributed by atoms with E-state index < -0.39 is 11.7 Å². The van der Waals surface area contributed by atoms with Gasteiger partial charge in [-0.2, -0.15) is 0 Å². The number of hydrogen-bond acceptors (Lipinski definition) is 2. The molecule has 0 radical (unpaired) electrons.